The molecule has 1 aromatic carbocycles. The Morgan fingerprint density at radius 3 is 2.93 bits per heavy atom. The average molecular weight is 186 g/mol. The van der Waals surface area contributed by atoms with Crippen LogP contribution in [0.4, 0.5) is 0 Å². The van der Waals surface area contributed by atoms with Crippen molar-refractivity contribution in [2.75, 3.05) is 0 Å². The predicted octanol–water partition coefficient (Wildman–Crippen LogP) is 2.12. The number of fused-ring (bicyclic) bond motifs is 1. The molecule has 72 valence electrons. The Hall–Kier alpha value is -1.41. The van der Waals surface area contributed by atoms with Gasteiger partial charge < -0.3 is 5.73 Å². The minimum Gasteiger partial charge on any atom is -0.328 e. The van der Waals surface area contributed by atoms with Gasteiger partial charge in [-0.15, -0.1) is 0 Å². The van der Waals surface area contributed by atoms with E-state index in [0.717, 1.165) is 6.42 Å². The summed E-state index contributed by atoms with van der Waals surface area (Å²) < 4.78 is 0. The van der Waals surface area contributed by atoms with Gasteiger partial charge in [-0.1, -0.05) is 12.1 Å². The summed E-state index contributed by atoms with van der Waals surface area (Å²) in [6, 6.07) is 8.64. The summed E-state index contributed by atoms with van der Waals surface area (Å²) >= 11 is 0. The number of nitrogens with two attached hydrogens (primary N) is 1. The second-order valence-corrected chi connectivity index (χ2v) is 3.74. The summed E-state index contributed by atoms with van der Waals surface area (Å²) in [6.07, 6.45) is 4.62. The van der Waals surface area contributed by atoms with Crippen molar-refractivity contribution in [1.29, 1.82) is 0 Å². The Morgan fingerprint density at radius 2 is 2.14 bits per heavy atom. The van der Waals surface area contributed by atoms with Gasteiger partial charge in [-0.25, -0.2) is 0 Å². The van der Waals surface area contributed by atoms with Crippen molar-refractivity contribution < 1.29 is 0 Å². The second-order valence-electron chi connectivity index (χ2n) is 3.74. The molecule has 0 bridgehead atoms. The van der Waals surface area contributed by atoms with Gasteiger partial charge in [0.15, 0.2) is 0 Å². The van der Waals surface area contributed by atoms with E-state index in [1.165, 1.54) is 16.3 Å². The fraction of sp³-hybridized carbons (Fsp3) is 0.250. The maximum absolute atomic E-state index is 5.75. The van der Waals surface area contributed by atoms with Gasteiger partial charge in [0.2, 0.25) is 0 Å². The molecule has 0 aliphatic heterocycles. The molecule has 2 rings (SSSR count). The first-order valence-corrected chi connectivity index (χ1v) is 4.84. The fourth-order valence-corrected chi connectivity index (χ4v) is 1.63. The van der Waals surface area contributed by atoms with Crippen molar-refractivity contribution in [3.63, 3.8) is 0 Å². The molecule has 0 saturated carbocycles. The summed E-state index contributed by atoms with van der Waals surface area (Å²) in [5.74, 6) is 0. The molecule has 0 saturated heterocycles. The molecule has 1 atom stereocenters. The molecule has 0 fully saturated rings. The Kier molecular flexibility index (Phi) is 2.46. The summed E-state index contributed by atoms with van der Waals surface area (Å²) in [7, 11) is 0. The first-order valence-electron chi connectivity index (χ1n) is 4.84. The molecule has 0 spiro atoms. The highest BCUT2D eigenvalue weighted by Crippen LogP contribution is 2.15. The molecule has 0 radical (unpaired) electrons. The molecule has 2 aromatic rings. The molecule has 14 heavy (non-hydrogen) atoms. The van der Waals surface area contributed by atoms with Gasteiger partial charge in [-0.2, -0.15) is 0 Å². The standard InChI is InChI=1S/C12H14N2/c1-9(13)6-10-2-3-11-4-5-14-8-12(11)7-10/h2-5,7-9H,6,13H2,1H3. The van der Waals surface area contributed by atoms with Crippen molar-refractivity contribution in [3.05, 3.63) is 42.2 Å². The van der Waals surface area contributed by atoms with Crippen LogP contribution in [0.2, 0.25) is 0 Å². The Morgan fingerprint density at radius 1 is 1.29 bits per heavy atom. The zero-order valence-electron chi connectivity index (χ0n) is 8.27. The van der Waals surface area contributed by atoms with Crippen LogP contribution in [0.5, 0.6) is 0 Å². The number of rotatable bonds is 2. The van der Waals surface area contributed by atoms with Crippen LogP contribution in [-0.2, 0) is 6.42 Å². The van der Waals surface area contributed by atoms with E-state index in [-0.39, 0.29) is 6.04 Å². The summed E-state index contributed by atoms with van der Waals surface area (Å²) in [5, 5.41) is 2.42. The molecule has 2 nitrogen and oxygen atoms in total. The normalized spacial score (nSPS) is 13.0. The lowest BCUT2D eigenvalue weighted by Gasteiger charge is -2.05. The second kappa shape index (κ2) is 3.76. The number of hydrogen-bond donors (Lipinski definition) is 1. The van der Waals surface area contributed by atoms with E-state index < -0.39 is 0 Å². The van der Waals surface area contributed by atoms with Crippen molar-refractivity contribution in [1.82, 2.24) is 4.98 Å². The van der Waals surface area contributed by atoms with Crippen LogP contribution in [0.15, 0.2) is 36.7 Å². The highest BCUT2D eigenvalue weighted by Gasteiger charge is 1.99. The van der Waals surface area contributed by atoms with E-state index in [2.05, 4.69) is 23.2 Å². The maximum atomic E-state index is 5.75. The lowest BCUT2D eigenvalue weighted by Crippen LogP contribution is -2.17. The largest absolute Gasteiger partial charge is 0.328 e. The monoisotopic (exact) mass is 186 g/mol. The Balaban J connectivity index is 2.41. The third kappa shape index (κ3) is 1.91. The lowest BCUT2D eigenvalue weighted by atomic mass is 10.0. The molecule has 1 unspecified atom stereocenters. The molecule has 1 heterocycles. The van der Waals surface area contributed by atoms with Gasteiger partial charge in [0, 0.05) is 23.8 Å². The van der Waals surface area contributed by atoms with Gasteiger partial charge in [-0.3, -0.25) is 4.98 Å². The van der Waals surface area contributed by atoms with Crippen LogP contribution in [-0.4, -0.2) is 11.0 Å². The topological polar surface area (TPSA) is 38.9 Å². The highest BCUT2D eigenvalue weighted by molar-refractivity contribution is 5.81. The SMILES string of the molecule is CC(N)Cc1ccc2ccncc2c1. The Bertz CT molecular complexity index is 435. The summed E-state index contributed by atoms with van der Waals surface area (Å²) in [6.45, 7) is 2.02. The van der Waals surface area contributed by atoms with Crippen LogP contribution in [0.25, 0.3) is 10.8 Å². The Labute approximate surface area is 83.8 Å². The summed E-state index contributed by atoms with van der Waals surface area (Å²) in [4.78, 5) is 4.10. The number of benzene rings is 1. The van der Waals surface area contributed by atoms with Gasteiger partial charge in [0.25, 0.3) is 0 Å². The zero-order chi connectivity index (χ0) is 9.97. The third-order valence-corrected chi connectivity index (χ3v) is 2.26. The van der Waals surface area contributed by atoms with Gasteiger partial charge in [0.1, 0.15) is 0 Å². The highest BCUT2D eigenvalue weighted by atomic mass is 14.6. The molecule has 0 aliphatic carbocycles. The van der Waals surface area contributed by atoms with E-state index in [1.807, 2.05) is 25.4 Å². The lowest BCUT2D eigenvalue weighted by molar-refractivity contribution is 0.739. The molecular weight excluding hydrogens is 172 g/mol. The number of pyridine rings is 1. The third-order valence-electron chi connectivity index (χ3n) is 2.26. The molecule has 0 aliphatic rings. The zero-order valence-corrected chi connectivity index (χ0v) is 8.27. The van der Waals surface area contributed by atoms with E-state index in [0.29, 0.717) is 0 Å². The van der Waals surface area contributed by atoms with E-state index >= 15 is 0 Å². The first-order chi connectivity index (χ1) is 6.75. The minimum absolute atomic E-state index is 0.212. The molecule has 0 amide bonds. The van der Waals surface area contributed by atoms with E-state index in [1.54, 1.807) is 0 Å². The van der Waals surface area contributed by atoms with Crippen LogP contribution < -0.4 is 5.73 Å². The average Bonchev–Trinajstić information content (AvgIpc) is 2.17. The molecule has 2 N–H and O–H groups in total. The van der Waals surface area contributed by atoms with Gasteiger partial charge in [-0.05, 0) is 36.4 Å². The van der Waals surface area contributed by atoms with Gasteiger partial charge >= 0.3 is 0 Å². The fourth-order valence-electron chi connectivity index (χ4n) is 1.63. The molecular formula is C12H14N2. The van der Waals surface area contributed by atoms with Crippen LogP contribution in [0.1, 0.15) is 12.5 Å². The predicted molar refractivity (Wildman–Crippen MR) is 59.1 cm³/mol. The van der Waals surface area contributed by atoms with Crippen molar-refractivity contribution in [2.45, 2.75) is 19.4 Å². The van der Waals surface area contributed by atoms with Crippen LogP contribution in [0, 0.1) is 0 Å². The number of hydrogen-bond acceptors (Lipinski definition) is 2. The van der Waals surface area contributed by atoms with E-state index in [9.17, 15) is 0 Å². The first kappa shape index (κ1) is 9.16. The van der Waals surface area contributed by atoms with Crippen LogP contribution >= 0.6 is 0 Å². The molecule has 2 heteroatoms. The van der Waals surface area contributed by atoms with Crippen LogP contribution in [0.3, 0.4) is 0 Å². The quantitative estimate of drug-likeness (QED) is 0.780. The minimum atomic E-state index is 0.212. The summed E-state index contributed by atoms with van der Waals surface area (Å²) in [5.41, 5.74) is 7.03. The smallest absolute Gasteiger partial charge is 0.0346 e. The number of aromatic nitrogens is 1. The van der Waals surface area contributed by atoms with Crippen molar-refractivity contribution in [2.24, 2.45) is 5.73 Å². The van der Waals surface area contributed by atoms with Gasteiger partial charge in [0.05, 0.1) is 0 Å². The maximum Gasteiger partial charge on any atom is 0.0346 e. The van der Waals surface area contributed by atoms with Crippen molar-refractivity contribution >= 4 is 10.8 Å². The van der Waals surface area contributed by atoms with Crippen molar-refractivity contribution in [3.8, 4) is 0 Å². The van der Waals surface area contributed by atoms with E-state index in [4.69, 9.17) is 5.73 Å². The number of nitrogens with zero attached hydrogens (tertiary/aromatic N) is 1. The molecule has 1 aromatic heterocycles.